The summed E-state index contributed by atoms with van der Waals surface area (Å²) in [6.07, 6.45) is 3.91. The van der Waals surface area contributed by atoms with E-state index in [1.807, 2.05) is 36.1 Å². The zero-order valence-corrected chi connectivity index (χ0v) is 15.4. The van der Waals surface area contributed by atoms with E-state index in [4.69, 9.17) is 14.2 Å². The maximum Gasteiger partial charge on any atom is 0.411 e. The van der Waals surface area contributed by atoms with E-state index < -0.39 is 11.1 Å². The lowest BCUT2D eigenvalue weighted by Gasteiger charge is -2.46. The van der Waals surface area contributed by atoms with Crippen LogP contribution < -0.4 is 9.47 Å². The van der Waals surface area contributed by atoms with Crippen LogP contribution in [-0.2, 0) is 22.3 Å². The Labute approximate surface area is 152 Å². The number of fused-ring (bicyclic) bond motifs is 3. The van der Waals surface area contributed by atoms with Gasteiger partial charge in [0.15, 0.2) is 17.1 Å². The molecule has 0 aliphatic carbocycles. The van der Waals surface area contributed by atoms with Crippen molar-refractivity contribution >= 4 is 6.09 Å². The van der Waals surface area contributed by atoms with Crippen LogP contribution in [0.5, 0.6) is 11.5 Å². The highest BCUT2D eigenvalue weighted by molar-refractivity contribution is 5.75. The molecule has 2 aliphatic heterocycles. The molecule has 0 spiro atoms. The number of ether oxygens (including phenoxy) is 3. The highest BCUT2D eigenvalue weighted by Crippen LogP contribution is 2.56. The molecule has 2 atom stereocenters. The maximum absolute atomic E-state index is 12.7. The summed E-state index contributed by atoms with van der Waals surface area (Å²) in [5.74, 6) is 1.33. The SMILES string of the molecule is COc1cc2c(cc1OC)[C@]1(C)N(CC2)C(=O)O[C@@]1(C)c1cccnc1. The second-order valence-electron chi connectivity index (χ2n) is 6.98. The molecule has 26 heavy (non-hydrogen) atoms. The molecule has 0 N–H and O–H groups in total. The van der Waals surface area contributed by atoms with Crippen LogP contribution in [-0.4, -0.2) is 36.7 Å². The van der Waals surface area contributed by atoms with E-state index in [1.54, 1.807) is 26.6 Å². The highest BCUT2D eigenvalue weighted by Gasteiger charge is 2.63. The minimum absolute atomic E-state index is 0.306. The van der Waals surface area contributed by atoms with Gasteiger partial charge in [0.2, 0.25) is 0 Å². The van der Waals surface area contributed by atoms with E-state index in [0.29, 0.717) is 18.0 Å². The Morgan fingerprint density at radius 1 is 1.19 bits per heavy atom. The third-order valence-electron chi connectivity index (χ3n) is 5.93. The van der Waals surface area contributed by atoms with Gasteiger partial charge < -0.3 is 14.2 Å². The summed E-state index contributed by atoms with van der Waals surface area (Å²) in [6.45, 7) is 4.59. The van der Waals surface area contributed by atoms with Gasteiger partial charge in [0, 0.05) is 24.5 Å². The zero-order valence-electron chi connectivity index (χ0n) is 15.4. The number of aromatic nitrogens is 1. The van der Waals surface area contributed by atoms with Gasteiger partial charge in [-0.2, -0.15) is 0 Å². The van der Waals surface area contributed by atoms with Crippen molar-refractivity contribution in [3.8, 4) is 11.5 Å². The summed E-state index contributed by atoms with van der Waals surface area (Å²) < 4.78 is 16.9. The second-order valence-corrected chi connectivity index (χ2v) is 6.98. The van der Waals surface area contributed by atoms with Crippen molar-refractivity contribution in [2.45, 2.75) is 31.4 Å². The quantitative estimate of drug-likeness (QED) is 0.847. The third kappa shape index (κ3) is 1.98. The number of methoxy groups -OCH3 is 2. The van der Waals surface area contributed by atoms with Crippen LogP contribution in [0.15, 0.2) is 36.7 Å². The molecule has 1 fully saturated rings. The molecule has 0 bridgehead atoms. The van der Waals surface area contributed by atoms with Crippen LogP contribution in [0.25, 0.3) is 0 Å². The zero-order chi connectivity index (χ0) is 18.5. The molecule has 0 radical (unpaired) electrons. The lowest BCUT2D eigenvalue weighted by molar-refractivity contribution is -0.00284. The first-order valence-electron chi connectivity index (χ1n) is 8.62. The van der Waals surface area contributed by atoms with E-state index in [0.717, 1.165) is 23.1 Å². The van der Waals surface area contributed by atoms with E-state index in [9.17, 15) is 4.79 Å². The van der Waals surface area contributed by atoms with Crippen LogP contribution in [0.1, 0.15) is 30.5 Å². The number of nitrogens with zero attached hydrogens (tertiary/aromatic N) is 2. The highest BCUT2D eigenvalue weighted by atomic mass is 16.6. The topological polar surface area (TPSA) is 60.9 Å². The van der Waals surface area contributed by atoms with Crippen molar-refractivity contribution in [1.82, 2.24) is 9.88 Å². The predicted octanol–water partition coefficient (Wildman–Crippen LogP) is 3.24. The lowest BCUT2D eigenvalue weighted by atomic mass is 9.69. The van der Waals surface area contributed by atoms with Gasteiger partial charge >= 0.3 is 6.09 Å². The first-order valence-corrected chi connectivity index (χ1v) is 8.62. The number of pyridine rings is 1. The standard InChI is InChI=1S/C20H22N2O4/c1-19-15-11-17(25-4)16(24-3)10-13(15)7-9-22(19)18(23)26-20(19,2)14-6-5-8-21-12-14/h5-6,8,10-12H,7,9H2,1-4H3/t19-,20-/m0/s1. The number of rotatable bonds is 3. The van der Waals surface area contributed by atoms with Gasteiger partial charge in [-0.25, -0.2) is 4.79 Å². The largest absolute Gasteiger partial charge is 0.493 e. The van der Waals surface area contributed by atoms with Crippen molar-refractivity contribution in [3.05, 3.63) is 53.3 Å². The Balaban J connectivity index is 1.97. The summed E-state index contributed by atoms with van der Waals surface area (Å²) in [4.78, 5) is 18.8. The van der Waals surface area contributed by atoms with Crippen LogP contribution in [0.4, 0.5) is 4.79 Å². The molecule has 0 unspecified atom stereocenters. The monoisotopic (exact) mass is 354 g/mol. The number of carbonyl (C=O) groups is 1. The molecular formula is C20H22N2O4. The summed E-state index contributed by atoms with van der Waals surface area (Å²) in [5, 5.41) is 0. The molecule has 6 nitrogen and oxygen atoms in total. The molecule has 3 heterocycles. The number of benzene rings is 1. The summed E-state index contributed by atoms with van der Waals surface area (Å²) >= 11 is 0. The minimum atomic E-state index is -0.868. The van der Waals surface area contributed by atoms with Crippen molar-refractivity contribution in [3.63, 3.8) is 0 Å². The molecule has 2 aliphatic rings. The molecule has 1 aromatic heterocycles. The number of carbonyl (C=O) groups excluding carboxylic acids is 1. The Morgan fingerprint density at radius 2 is 1.92 bits per heavy atom. The van der Waals surface area contributed by atoms with Gasteiger partial charge in [0.1, 0.15) is 5.54 Å². The lowest BCUT2D eigenvalue weighted by Crippen LogP contribution is -2.54. The molecule has 6 heteroatoms. The molecule has 0 saturated carbocycles. The van der Waals surface area contributed by atoms with Crippen molar-refractivity contribution in [1.29, 1.82) is 0 Å². The predicted molar refractivity (Wildman–Crippen MR) is 95.4 cm³/mol. The van der Waals surface area contributed by atoms with Gasteiger partial charge in [-0.15, -0.1) is 0 Å². The van der Waals surface area contributed by atoms with Crippen molar-refractivity contribution in [2.24, 2.45) is 0 Å². The molecule has 136 valence electrons. The van der Waals surface area contributed by atoms with Crippen LogP contribution >= 0.6 is 0 Å². The number of amides is 1. The Hall–Kier alpha value is -2.76. The van der Waals surface area contributed by atoms with Gasteiger partial charge in [-0.05, 0) is 49.6 Å². The number of hydrogen-bond acceptors (Lipinski definition) is 5. The molecular weight excluding hydrogens is 332 g/mol. The van der Waals surface area contributed by atoms with Crippen LogP contribution in [0, 0.1) is 0 Å². The number of hydrogen-bond donors (Lipinski definition) is 0. The van der Waals surface area contributed by atoms with Crippen LogP contribution in [0.2, 0.25) is 0 Å². The molecule has 1 saturated heterocycles. The fourth-order valence-electron chi connectivity index (χ4n) is 4.28. The second kappa shape index (κ2) is 5.62. The van der Waals surface area contributed by atoms with Crippen molar-refractivity contribution < 1.29 is 19.0 Å². The fraction of sp³-hybridized carbons (Fsp3) is 0.400. The molecule has 2 aromatic rings. The molecule has 4 rings (SSSR count). The smallest absolute Gasteiger partial charge is 0.411 e. The summed E-state index contributed by atoms with van der Waals surface area (Å²) in [5.41, 5.74) is 1.46. The Morgan fingerprint density at radius 3 is 2.58 bits per heavy atom. The Kier molecular flexibility index (Phi) is 3.61. The average Bonchev–Trinajstić information content (AvgIpc) is 2.88. The molecule has 1 aromatic carbocycles. The van der Waals surface area contributed by atoms with E-state index in [-0.39, 0.29) is 6.09 Å². The van der Waals surface area contributed by atoms with E-state index in [2.05, 4.69) is 11.9 Å². The fourth-order valence-corrected chi connectivity index (χ4v) is 4.28. The van der Waals surface area contributed by atoms with Gasteiger partial charge in [-0.3, -0.25) is 9.88 Å². The van der Waals surface area contributed by atoms with Crippen molar-refractivity contribution in [2.75, 3.05) is 20.8 Å². The third-order valence-corrected chi connectivity index (χ3v) is 5.93. The first kappa shape index (κ1) is 16.7. The number of cyclic esters (lactones) is 1. The Bertz CT molecular complexity index is 870. The van der Waals surface area contributed by atoms with E-state index >= 15 is 0 Å². The normalized spacial score (nSPS) is 26.8. The van der Waals surface area contributed by atoms with Gasteiger partial charge in [0.25, 0.3) is 0 Å². The summed E-state index contributed by atoms with van der Waals surface area (Å²) in [6, 6.07) is 7.78. The average molecular weight is 354 g/mol. The first-order chi connectivity index (χ1) is 12.5. The van der Waals surface area contributed by atoms with E-state index in [1.165, 1.54) is 0 Å². The van der Waals surface area contributed by atoms with Crippen LogP contribution in [0.3, 0.4) is 0 Å². The molecule has 1 amide bonds. The van der Waals surface area contributed by atoms with Gasteiger partial charge in [0.05, 0.1) is 14.2 Å². The van der Waals surface area contributed by atoms with Gasteiger partial charge in [-0.1, -0.05) is 6.07 Å². The summed E-state index contributed by atoms with van der Waals surface area (Å²) in [7, 11) is 3.24. The minimum Gasteiger partial charge on any atom is -0.493 e. The maximum atomic E-state index is 12.7.